The molecule has 2 rings (SSSR count). The van der Waals surface area contributed by atoms with E-state index in [-0.39, 0.29) is 6.54 Å². The Morgan fingerprint density at radius 3 is 2.67 bits per heavy atom. The lowest BCUT2D eigenvalue weighted by molar-refractivity contribution is -0.142. The van der Waals surface area contributed by atoms with E-state index in [4.69, 9.17) is 4.42 Å². The Morgan fingerprint density at radius 1 is 1.43 bits per heavy atom. The third kappa shape index (κ3) is 3.48. The van der Waals surface area contributed by atoms with Gasteiger partial charge in [-0.2, -0.15) is 0 Å². The van der Waals surface area contributed by atoms with E-state index in [1.807, 2.05) is 33.8 Å². The molecule has 7 nitrogen and oxygen atoms in total. The van der Waals surface area contributed by atoms with Gasteiger partial charge in [-0.3, -0.25) is 4.79 Å². The van der Waals surface area contributed by atoms with Crippen molar-refractivity contribution >= 4 is 5.97 Å². The number of carbonyl (C=O) groups is 1. The first-order chi connectivity index (χ1) is 9.88. The Labute approximate surface area is 123 Å². The first-order valence-corrected chi connectivity index (χ1v) is 6.94. The van der Waals surface area contributed by atoms with Crippen molar-refractivity contribution in [3.8, 4) is 11.4 Å². The van der Waals surface area contributed by atoms with Crippen LogP contribution in [0.5, 0.6) is 0 Å². The van der Waals surface area contributed by atoms with Crippen molar-refractivity contribution in [2.75, 3.05) is 0 Å². The number of tetrazole rings is 1. The summed E-state index contributed by atoms with van der Waals surface area (Å²) in [5.74, 6) is 0.988. The Kier molecular flexibility index (Phi) is 4.40. The lowest BCUT2D eigenvalue weighted by Crippen LogP contribution is -2.23. The lowest BCUT2D eigenvalue weighted by atomic mass is 9.97. The summed E-state index contributed by atoms with van der Waals surface area (Å²) in [6.07, 6.45) is 0.581. The quantitative estimate of drug-likeness (QED) is 0.878. The summed E-state index contributed by atoms with van der Waals surface area (Å²) in [6.45, 7) is 7.94. The van der Waals surface area contributed by atoms with Crippen molar-refractivity contribution in [3.63, 3.8) is 0 Å². The minimum absolute atomic E-state index is 0.250. The zero-order valence-electron chi connectivity index (χ0n) is 12.7. The van der Waals surface area contributed by atoms with Crippen molar-refractivity contribution in [1.82, 2.24) is 20.2 Å². The molecule has 2 aromatic rings. The SMILES string of the molecule is Cc1cc(-c2nnnn2CC(CC(C)C)C(=O)O)c(C)o1. The highest BCUT2D eigenvalue weighted by atomic mass is 16.4. The molecule has 21 heavy (non-hydrogen) atoms. The van der Waals surface area contributed by atoms with E-state index in [1.165, 1.54) is 0 Å². The number of nitrogens with zero attached hydrogens (tertiary/aromatic N) is 4. The number of carboxylic acids is 1. The molecule has 0 bridgehead atoms. The molecule has 0 aliphatic rings. The standard InChI is InChI=1S/C14H20N4O3/c1-8(2)5-11(14(19)20)7-18-13(15-16-17-18)12-6-9(3)21-10(12)4/h6,8,11H,5,7H2,1-4H3,(H,19,20). The summed E-state index contributed by atoms with van der Waals surface area (Å²) in [5.41, 5.74) is 0.797. The molecule has 2 aromatic heterocycles. The summed E-state index contributed by atoms with van der Waals surface area (Å²) in [5, 5.41) is 20.9. The van der Waals surface area contributed by atoms with Crippen LogP contribution in [-0.4, -0.2) is 31.3 Å². The fraction of sp³-hybridized carbons (Fsp3) is 0.571. The Balaban J connectivity index is 2.28. The summed E-state index contributed by atoms with van der Waals surface area (Å²) >= 11 is 0. The van der Waals surface area contributed by atoms with E-state index in [0.717, 1.165) is 17.1 Å². The van der Waals surface area contributed by atoms with Crippen LogP contribution in [0.4, 0.5) is 0 Å². The molecule has 114 valence electrons. The first-order valence-electron chi connectivity index (χ1n) is 6.94. The van der Waals surface area contributed by atoms with Crippen molar-refractivity contribution in [3.05, 3.63) is 17.6 Å². The second kappa shape index (κ2) is 6.07. The highest BCUT2D eigenvalue weighted by Gasteiger charge is 2.23. The van der Waals surface area contributed by atoms with Gasteiger partial charge in [-0.05, 0) is 42.7 Å². The number of aliphatic carboxylic acids is 1. The van der Waals surface area contributed by atoms with Gasteiger partial charge in [0.15, 0.2) is 5.82 Å². The van der Waals surface area contributed by atoms with E-state index in [0.29, 0.717) is 18.2 Å². The molecule has 1 N–H and O–H groups in total. The number of rotatable bonds is 6. The molecule has 0 saturated heterocycles. The smallest absolute Gasteiger partial charge is 0.308 e. The molecule has 2 heterocycles. The van der Waals surface area contributed by atoms with Crippen LogP contribution < -0.4 is 0 Å². The molecule has 7 heteroatoms. The molecular formula is C14H20N4O3. The van der Waals surface area contributed by atoms with Crippen LogP contribution in [-0.2, 0) is 11.3 Å². The van der Waals surface area contributed by atoms with Gasteiger partial charge in [0.25, 0.3) is 0 Å². The Morgan fingerprint density at radius 2 is 2.14 bits per heavy atom. The summed E-state index contributed by atoms with van der Waals surface area (Å²) in [4.78, 5) is 11.4. The fourth-order valence-corrected chi connectivity index (χ4v) is 2.40. The zero-order valence-corrected chi connectivity index (χ0v) is 12.7. The van der Waals surface area contributed by atoms with Gasteiger partial charge in [0, 0.05) is 0 Å². The predicted molar refractivity (Wildman–Crippen MR) is 75.6 cm³/mol. The number of hydrogen-bond donors (Lipinski definition) is 1. The minimum atomic E-state index is -0.828. The van der Waals surface area contributed by atoms with Crippen LogP contribution in [0.15, 0.2) is 10.5 Å². The van der Waals surface area contributed by atoms with E-state index in [2.05, 4.69) is 15.5 Å². The van der Waals surface area contributed by atoms with Crippen molar-refractivity contribution in [1.29, 1.82) is 0 Å². The minimum Gasteiger partial charge on any atom is -0.481 e. The maximum atomic E-state index is 11.4. The van der Waals surface area contributed by atoms with Gasteiger partial charge in [-0.1, -0.05) is 13.8 Å². The van der Waals surface area contributed by atoms with Crippen molar-refractivity contribution < 1.29 is 14.3 Å². The second-order valence-corrected chi connectivity index (χ2v) is 5.68. The third-order valence-corrected chi connectivity index (χ3v) is 3.31. The molecule has 0 saturated carbocycles. The van der Waals surface area contributed by atoms with Gasteiger partial charge in [-0.15, -0.1) is 5.10 Å². The molecule has 0 spiro atoms. The van der Waals surface area contributed by atoms with Gasteiger partial charge in [0.05, 0.1) is 18.0 Å². The van der Waals surface area contributed by atoms with E-state index in [1.54, 1.807) is 4.68 Å². The molecule has 1 atom stereocenters. The first kappa shape index (κ1) is 15.2. The molecule has 0 aromatic carbocycles. The Hall–Kier alpha value is -2.18. The lowest BCUT2D eigenvalue weighted by Gasteiger charge is -2.14. The maximum Gasteiger partial charge on any atom is 0.308 e. The normalized spacial score (nSPS) is 12.8. The fourth-order valence-electron chi connectivity index (χ4n) is 2.40. The van der Waals surface area contributed by atoms with Crippen LogP contribution >= 0.6 is 0 Å². The van der Waals surface area contributed by atoms with Crippen LogP contribution in [0.3, 0.4) is 0 Å². The van der Waals surface area contributed by atoms with E-state index in [9.17, 15) is 9.90 Å². The highest BCUT2D eigenvalue weighted by Crippen LogP contribution is 2.25. The zero-order chi connectivity index (χ0) is 15.6. The summed E-state index contributed by atoms with van der Waals surface area (Å²) in [7, 11) is 0. The van der Waals surface area contributed by atoms with E-state index < -0.39 is 11.9 Å². The molecule has 0 aliphatic heterocycles. The number of hydrogen-bond acceptors (Lipinski definition) is 5. The monoisotopic (exact) mass is 292 g/mol. The van der Waals surface area contributed by atoms with Gasteiger partial charge in [-0.25, -0.2) is 4.68 Å². The van der Waals surface area contributed by atoms with Gasteiger partial charge < -0.3 is 9.52 Å². The summed E-state index contributed by atoms with van der Waals surface area (Å²) in [6, 6.07) is 1.86. The largest absolute Gasteiger partial charge is 0.481 e. The van der Waals surface area contributed by atoms with Gasteiger partial charge in [0.2, 0.25) is 0 Å². The van der Waals surface area contributed by atoms with Gasteiger partial charge >= 0.3 is 5.97 Å². The van der Waals surface area contributed by atoms with Crippen LogP contribution in [0.1, 0.15) is 31.8 Å². The number of aromatic nitrogens is 4. The van der Waals surface area contributed by atoms with Crippen molar-refractivity contribution in [2.45, 2.75) is 40.7 Å². The Bertz CT molecular complexity index is 630. The van der Waals surface area contributed by atoms with Crippen LogP contribution in [0.25, 0.3) is 11.4 Å². The summed E-state index contributed by atoms with van der Waals surface area (Å²) < 4.78 is 7.03. The average Bonchev–Trinajstić information content (AvgIpc) is 2.94. The van der Waals surface area contributed by atoms with Crippen molar-refractivity contribution in [2.24, 2.45) is 11.8 Å². The molecule has 0 aliphatic carbocycles. The van der Waals surface area contributed by atoms with E-state index >= 15 is 0 Å². The molecule has 0 fully saturated rings. The molecular weight excluding hydrogens is 272 g/mol. The third-order valence-electron chi connectivity index (χ3n) is 3.31. The maximum absolute atomic E-state index is 11.4. The number of furan rings is 1. The van der Waals surface area contributed by atoms with Crippen LogP contribution in [0, 0.1) is 25.7 Å². The number of carboxylic acid groups (broad SMARTS) is 1. The van der Waals surface area contributed by atoms with Crippen LogP contribution in [0.2, 0.25) is 0 Å². The predicted octanol–water partition coefficient (Wildman–Crippen LogP) is 2.30. The number of aryl methyl sites for hydroxylation is 2. The molecule has 1 unspecified atom stereocenters. The highest BCUT2D eigenvalue weighted by molar-refractivity contribution is 5.70. The average molecular weight is 292 g/mol. The molecule has 0 amide bonds. The topological polar surface area (TPSA) is 94.0 Å². The molecule has 0 radical (unpaired) electrons. The van der Waals surface area contributed by atoms with Gasteiger partial charge in [0.1, 0.15) is 11.5 Å². The second-order valence-electron chi connectivity index (χ2n) is 5.68.